The Kier molecular flexibility index (Phi) is 37.3. The van der Waals surface area contributed by atoms with Gasteiger partial charge in [0.1, 0.15) is 12.2 Å². The predicted molar refractivity (Wildman–Crippen MR) is 210 cm³/mol. The van der Waals surface area contributed by atoms with Crippen LogP contribution in [0.3, 0.4) is 0 Å². The van der Waals surface area contributed by atoms with Crippen molar-refractivity contribution < 1.29 is 42.6 Å². The molecular formula is C42H78O9. The summed E-state index contributed by atoms with van der Waals surface area (Å²) in [5, 5.41) is 0. The number of hydrogen-bond donors (Lipinski definition) is 0. The van der Waals surface area contributed by atoms with Crippen LogP contribution >= 0.6 is 0 Å². The first-order valence-corrected chi connectivity index (χ1v) is 19.7. The van der Waals surface area contributed by atoms with Crippen LogP contribution in [0.4, 0.5) is 0 Å². The molecule has 0 aromatic heterocycles. The first-order chi connectivity index (χ1) is 25.0. The second-order valence-corrected chi connectivity index (χ2v) is 13.4. The third-order valence-corrected chi connectivity index (χ3v) is 7.87. The number of hydrogen-bond acceptors (Lipinski definition) is 9. The monoisotopic (exact) mass is 727 g/mol. The minimum absolute atomic E-state index is 0.207. The summed E-state index contributed by atoms with van der Waals surface area (Å²) in [4.78, 5) is 0. The van der Waals surface area contributed by atoms with Crippen LogP contribution in [0.15, 0.2) is 50.6 Å². The zero-order valence-electron chi connectivity index (χ0n) is 33.2. The van der Waals surface area contributed by atoms with Gasteiger partial charge < -0.3 is 42.6 Å². The Morgan fingerprint density at radius 2 is 0.569 bits per heavy atom. The maximum Gasteiger partial charge on any atom is 0.104 e. The molecule has 0 aromatic rings. The first-order valence-electron chi connectivity index (χ1n) is 19.7. The second kappa shape index (κ2) is 38.3. The second-order valence-electron chi connectivity index (χ2n) is 13.4. The molecule has 0 spiro atoms. The van der Waals surface area contributed by atoms with E-state index >= 15 is 0 Å². The van der Waals surface area contributed by atoms with E-state index < -0.39 is 0 Å². The first kappa shape index (κ1) is 49.6. The zero-order chi connectivity index (χ0) is 37.6. The molecule has 0 saturated heterocycles. The van der Waals surface area contributed by atoms with Crippen molar-refractivity contribution in [3.63, 3.8) is 0 Å². The van der Waals surface area contributed by atoms with E-state index in [9.17, 15) is 0 Å². The highest BCUT2D eigenvalue weighted by Crippen LogP contribution is 2.13. The standard InChI is InChI=1S/C42H78O9/c1-9-17-37(25-43-21-13-5)29-47-33-41(50-31-39(19-11-3)27-45-23-15-7)35-49-36-42(51-32-40(20-12-4)28-46-24-16-8)34-48-30-38(18-10-2)26-44-22-14-6/h9-12,37-42H,1-4,13-36H2,5-8H3. The molecule has 0 N–H and O–H groups in total. The van der Waals surface area contributed by atoms with E-state index in [0.29, 0.717) is 79.3 Å². The van der Waals surface area contributed by atoms with Gasteiger partial charge in [0.05, 0.1) is 79.3 Å². The van der Waals surface area contributed by atoms with Crippen LogP contribution in [0.25, 0.3) is 0 Å². The highest BCUT2D eigenvalue weighted by atomic mass is 16.6. The Morgan fingerprint density at radius 3 is 0.824 bits per heavy atom. The van der Waals surface area contributed by atoms with E-state index in [2.05, 4.69) is 54.0 Å². The Balaban J connectivity index is 5.55. The molecule has 9 heteroatoms. The van der Waals surface area contributed by atoms with Crippen LogP contribution in [0, 0.1) is 23.7 Å². The largest absolute Gasteiger partial charge is 0.381 e. The van der Waals surface area contributed by atoms with Gasteiger partial charge >= 0.3 is 0 Å². The van der Waals surface area contributed by atoms with Crippen LogP contribution in [0.2, 0.25) is 0 Å². The fraction of sp³-hybridized carbons (Fsp3) is 0.810. The van der Waals surface area contributed by atoms with Crippen molar-refractivity contribution in [3.8, 4) is 0 Å². The van der Waals surface area contributed by atoms with Crippen molar-refractivity contribution in [3.05, 3.63) is 50.6 Å². The fourth-order valence-corrected chi connectivity index (χ4v) is 5.15. The van der Waals surface area contributed by atoms with Gasteiger partial charge in [-0.05, 0) is 51.4 Å². The van der Waals surface area contributed by atoms with Crippen molar-refractivity contribution >= 4 is 0 Å². The molecule has 51 heavy (non-hydrogen) atoms. The van der Waals surface area contributed by atoms with Gasteiger partial charge in [0.2, 0.25) is 0 Å². The lowest BCUT2D eigenvalue weighted by molar-refractivity contribution is -0.112. The van der Waals surface area contributed by atoms with Crippen molar-refractivity contribution in [2.45, 2.75) is 91.3 Å². The normalized spacial score (nSPS) is 15.1. The van der Waals surface area contributed by atoms with E-state index in [1.807, 2.05) is 24.3 Å². The number of allylic oxidation sites excluding steroid dienone is 4. The average molecular weight is 727 g/mol. The fourth-order valence-electron chi connectivity index (χ4n) is 5.15. The third-order valence-electron chi connectivity index (χ3n) is 7.87. The summed E-state index contributed by atoms with van der Waals surface area (Å²) in [5.74, 6) is 0.893. The molecule has 0 saturated carbocycles. The van der Waals surface area contributed by atoms with Gasteiger partial charge in [-0.3, -0.25) is 0 Å². The minimum Gasteiger partial charge on any atom is -0.381 e. The van der Waals surface area contributed by atoms with Crippen molar-refractivity contribution in [2.24, 2.45) is 23.7 Å². The van der Waals surface area contributed by atoms with E-state index in [-0.39, 0.29) is 35.9 Å². The zero-order valence-corrected chi connectivity index (χ0v) is 33.2. The Morgan fingerprint density at radius 1 is 0.333 bits per heavy atom. The average Bonchev–Trinajstić information content (AvgIpc) is 3.12. The topological polar surface area (TPSA) is 83.1 Å². The van der Waals surface area contributed by atoms with E-state index in [0.717, 1.165) is 77.8 Å². The van der Waals surface area contributed by atoms with Gasteiger partial charge in [0.15, 0.2) is 0 Å². The molecule has 0 radical (unpaired) electrons. The molecule has 9 nitrogen and oxygen atoms in total. The van der Waals surface area contributed by atoms with Crippen LogP contribution in [-0.2, 0) is 42.6 Å². The Hall–Kier alpha value is -1.40. The quantitative estimate of drug-likeness (QED) is 0.0456. The molecule has 0 heterocycles. The molecule has 6 unspecified atom stereocenters. The molecule has 300 valence electrons. The van der Waals surface area contributed by atoms with Crippen molar-refractivity contribution in [1.82, 2.24) is 0 Å². The summed E-state index contributed by atoms with van der Waals surface area (Å²) >= 11 is 0. The predicted octanol–water partition coefficient (Wildman–Crippen LogP) is 8.28. The van der Waals surface area contributed by atoms with Crippen molar-refractivity contribution in [1.29, 1.82) is 0 Å². The lowest BCUT2D eigenvalue weighted by Gasteiger charge is -2.25. The molecule has 6 atom stereocenters. The van der Waals surface area contributed by atoms with Gasteiger partial charge in [0, 0.05) is 50.1 Å². The molecule has 0 rings (SSSR count). The summed E-state index contributed by atoms with van der Waals surface area (Å²) in [5.41, 5.74) is 0. The molecule has 0 amide bonds. The van der Waals surface area contributed by atoms with Gasteiger partial charge in [0.25, 0.3) is 0 Å². The van der Waals surface area contributed by atoms with Gasteiger partial charge in [-0.2, -0.15) is 0 Å². The molecule has 0 aliphatic heterocycles. The van der Waals surface area contributed by atoms with Gasteiger partial charge in [-0.25, -0.2) is 0 Å². The molecular weight excluding hydrogens is 648 g/mol. The van der Waals surface area contributed by atoms with Gasteiger partial charge in [-0.1, -0.05) is 52.0 Å². The molecule has 0 aliphatic rings. The third kappa shape index (κ3) is 30.7. The SMILES string of the molecule is C=CCC(COCCC)COCC(COCC(COCC(CC=C)COCCC)OCC(CC=C)COCCC)OCC(CC=C)COCCC. The van der Waals surface area contributed by atoms with Crippen LogP contribution < -0.4 is 0 Å². The maximum absolute atomic E-state index is 6.43. The summed E-state index contributed by atoms with van der Waals surface area (Å²) in [6, 6.07) is 0. The van der Waals surface area contributed by atoms with Gasteiger partial charge in [-0.15, -0.1) is 26.3 Å². The molecule has 0 fully saturated rings. The molecule has 0 aromatic carbocycles. The number of rotatable bonds is 42. The highest BCUT2D eigenvalue weighted by molar-refractivity contribution is 4.76. The van der Waals surface area contributed by atoms with E-state index in [1.54, 1.807) is 0 Å². The summed E-state index contributed by atoms with van der Waals surface area (Å²) < 4.78 is 54.9. The smallest absolute Gasteiger partial charge is 0.104 e. The van der Waals surface area contributed by atoms with Crippen LogP contribution in [0.1, 0.15) is 79.1 Å². The molecule has 0 aliphatic carbocycles. The summed E-state index contributed by atoms with van der Waals surface area (Å²) in [6.45, 7) is 33.3. The van der Waals surface area contributed by atoms with Crippen molar-refractivity contribution in [2.75, 3.05) is 106 Å². The Bertz CT molecular complexity index is 717. The van der Waals surface area contributed by atoms with Crippen LogP contribution in [0.5, 0.6) is 0 Å². The van der Waals surface area contributed by atoms with E-state index in [1.165, 1.54) is 0 Å². The van der Waals surface area contributed by atoms with E-state index in [4.69, 9.17) is 42.6 Å². The number of ether oxygens (including phenoxy) is 9. The summed E-state index contributed by atoms with van der Waals surface area (Å²) in [7, 11) is 0. The van der Waals surface area contributed by atoms with Crippen LogP contribution in [-0.4, -0.2) is 118 Å². The Labute approximate surface area is 313 Å². The highest BCUT2D eigenvalue weighted by Gasteiger charge is 2.20. The lowest BCUT2D eigenvalue weighted by Crippen LogP contribution is -2.34. The maximum atomic E-state index is 6.43. The minimum atomic E-state index is -0.269. The lowest BCUT2D eigenvalue weighted by atomic mass is 10.1. The summed E-state index contributed by atoms with van der Waals surface area (Å²) in [6.07, 6.45) is 14.4. The molecule has 0 bridgehead atoms.